The molecule has 1 heterocycles. The van der Waals surface area contributed by atoms with E-state index in [4.69, 9.17) is 22.4 Å². The van der Waals surface area contributed by atoms with Gasteiger partial charge in [-0.25, -0.2) is 4.79 Å². The molecule has 3 aromatic rings. The van der Waals surface area contributed by atoms with E-state index >= 15 is 0 Å². The molecule has 0 radical (unpaired) electrons. The van der Waals surface area contributed by atoms with Gasteiger partial charge in [-0.05, 0) is 69.4 Å². The average molecular weight is 513 g/mol. The minimum atomic E-state index is -2.54. The second-order valence-electron chi connectivity index (χ2n) is 8.69. The first-order chi connectivity index (χ1) is 17.5. The van der Waals surface area contributed by atoms with E-state index in [-0.39, 0.29) is 5.63 Å². The molecule has 0 aliphatic carbocycles. The zero-order chi connectivity index (χ0) is 25.8. The highest BCUT2D eigenvalue weighted by atomic mass is 28.4. The van der Waals surface area contributed by atoms with Crippen LogP contribution in [0.2, 0.25) is 6.04 Å². The number of aryl methyl sites for hydroxylation is 1. The quantitative estimate of drug-likeness (QED) is 0.117. The molecule has 0 atom stereocenters. The van der Waals surface area contributed by atoms with Crippen LogP contribution in [0.3, 0.4) is 0 Å². The second kappa shape index (κ2) is 14.3. The van der Waals surface area contributed by atoms with Gasteiger partial charge in [0.2, 0.25) is 0 Å². The highest BCUT2D eigenvalue weighted by molar-refractivity contribution is 6.60. The van der Waals surface area contributed by atoms with Crippen LogP contribution in [0, 0.1) is 0 Å². The van der Waals surface area contributed by atoms with Crippen LogP contribution in [0.25, 0.3) is 22.1 Å². The highest BCUT2D eigenvalue weighted by Gasteiger charge is 2.39. The number of hydrogen-bond donors (Lipinski definition) is 0. The number of hydrogen-bond acceptors (Lipinski definition) is 6. The van der Waals surface area contributed by atoms with Crippen molar-refractivity contribution >= 4 is 19.8 Å². The van der Waals surface area contributed by atoms with E-state index in [1.165, 1.54) is 5.56 Å². The zero-order valence-electron chi connectivity index (χ0n) is 22.1. The molecule has 0 N–H and O–H groups in total. The van der Waals surface area contributed by atoms with E-state index in [2.05, 4.69) is 6.92 Å². The lowest BCUT2D eigenvalue weighted by Gasteiger charge is -2.28. The van der Waals surface area contributed by atoms with Gasteiger partial charge in [-0.2, -0.15) is 0 Å². The number of fused-ring (bicyclic) bond motifs is 1. The van der Waals surface area contributed by atoms with Gasteiger partial charge in [-0.1, -0.05) is 44.0 Å². The molecule has 0 saturated carbocycles. The van der Waals surface area contributed by atoms with E-state index in [9.17, 15) is 4.79 Å². The first kappa shape index (κ1) is 28.1. The monoisotopic (exact) mass is 512 g/mol. The van der Waals surface area contributed by atoms with Gasteiger partial charge in [-0.15, -0.1) is 0 Å². The molecule has 0 unspecified atom stereocenters. The third-order valence-electron chi connectivity index (χ3n) is 6.12. The van der Waals surface area contributed by atoms with E-state index in [0.29, 0.717) is 43.3 Å². The topological polar surface area (TPSA) is 67.1 Å². The van der Waals surface area contributed by atoms with Crippen LogP contribution in [-0.2, 0) is 19.7 Å². The minimum Gasteiger partial charge on any atom is -0.493 e. The van der Waals surface area contributed by atoms with Gasteiger partial charge in [0.25, 0.3) is 0 Å². The molecule has 0 bridgehead atoms. The van der Waals surface area contributed by atoms with Crippen molar-refractivity contribution in [1.82, 2.24) is 0 Å². The summed E-state index contributed by atoms with van der Waals surface area (Å²) in [6.45, 7) is 10.5. The van der Waals surface area contributed by atoms with Gasteiger partial charge in [0.05, 0.1) is 12.2 Å². The fourth-order valence-electron chi connectivity index (χ4n) is 4.29. The molecule has 6 nitrogen and oxygen atoms in total. The van der Waals surface area contributed by atoms with Crippen LogP contribution in [0.4, 0.5) is 0 Å². The van der Waals surface area contributed by atoms with Crippen LogP contribution in [0.5, 0.6) is 5.75 Å². The molecule has 2 aromatic carbocycles. The Kier molecular flexibility index (Phi) is 11.2. The molecule has 0 aliphatic rings. The Hall–Kier alpha value is -2.45. The van der Waals surface area contributed by atoms with Crippen LogP contribution in [0.15, 0.2) is 57.7 Å². The van der Waals surface area contributed by atoms with Gasteiger partial charge in [0.15, 0.2) is 0 Å². The van der Waals surface area contributed by atoms with E-state index in [1.54, 1.807) is 6.07 Å². The normalized spacial score (nSPS) is 11.8. The van der Waals surface area contributed by atoms with Crippen molar-refractivity contribution in [3.8, 4) is 16.9 Å². The summed E-state index contributed by atoms with van der Waals surface area (Å²) >= 11 is 0. The molecule has 0 fully saturated rings. The maximum absolute atomic E-state index is 12.6. The molecule has 3 rings (SSSR count). The standard InChI is InChI=1S/C29H40O6Si/c1-5-23-13-15-24(16-14-23)27-21-25-17-18-26(22-28(25)35-29(27)30)31-19-11-9-10-12-20-36(32-6-2,33-7-3)34-8-4/h13-18,21-22H,5-12,19-20H2,1-4H3. The lowest BCUT2D eigenvalue weighted by atomic mass is 10.0. The molecular formula is C29H40O6Si. The molecule has 0 saturated heterocycles. The van der Waals surface area contributed by atoms with Gasteiger partial charge < -0.3 is 22.4 Å². The molecular weight excluding hydrogens is 472 g/mol. The summed E-state index contributed by atoms with van der Waals surface area (Å²) in [5.41, 5.74) is 2.88. The fourth-order valence-corrected chi connectivity index (χ4v) is 6.98. The molecule has 0 aliphatic heterocycles. The predicted octanol–water partition coefficient (Wildman–Crippen LogP) is 7.01. The summed E-state index contributed by atoms with van der Waals surface area (Å²) in [6, 6.07) is 16.4. The largest absolute Gasteiger partial charge is 0.500 e. The van der Waals surface area contributed by atoms with E-state index < -0.39 is 8.80 Å². The van der Waals surface area contributed by atoms with Crippen LogP contribution in [-0.4, -0.2) is 35.2 Å². The van der Waals surface area contributed by atoms with Gasteiger partial charge in [-0.3, -0.25) is 0 Å². The number of unbranched alkanes of at least 4 members (excludes halogenated alkanes) is 3. The fraction of sp³-hybridized carbons (Fsp3) is 0.483. The van der Waals surface area contributed by atoms with Crippen LogP contribution >= 0.6 is 0 Å². The highest BCUT2D eigenvalue weighted by Crippen LogP contribution is 2.25. The summed E-state index contributed by atoms with van der Waals surface area (Å²) in [5, 5.41) is 0.877. The van der Waals surface area contributed by atoms with Crippen molar-refractivity contribution in [3.05, 3.63) is 64.5 Å². The Morgan fingerprint density at radius 2 is 1.44 bits per heavy atom. The van der Waals surface area contributed by atoms with E-state index in [0.717, 1.165) is 49.1 Å². The number of rotatable bonds is 16. The summed E-state index contributed by atoms with van der Waals surface area (Å²) in [5.74, 6) is 0.709. The summed E-state index contributed by atoms with van der Waals surface area (Å²) < 4.78 is 29.3. The number of ether oxygens (including phenoxy) is 1. The lowest BCUT2D eigenvalue weighted by molar-refractivity contribution is 0.0706. The second-order valence-corrected chi connectivity index (χ2v) is 11.4. The first-order valence-electron chi connectivity index (χ1n) is 13.3. The predicted molar refractivity (Wildman–Crippen MR) is 147 cm³/mol. The van der Waals surface area contributed by atoms with Crippen LogP contribution < -0.4 is 10.4 Å². The lowest BCUT2D eigenvalue weighted by Crippen LogP contribution is -2.45. The minimum absolute atomic E-state index is 0.338. The summed E-state index contributed by atoms with van der Waals surface area (Å²) in [6.07, 6.45) is 5.04. The smallest absolute Gasteiger partial charge is 0.493 e. The Labute approximate surface area is 215 Å². The van der Waals surface area contributed by atoms with Gasteiger partial charge >= 0.3 is 14.4 Å². The Morgan fingerprint density at radius 1 is 0.778 bits per heavy atom. The summed E-state index contributed by atoms with van der Waals surface area (Å²) in [4.78, 5) is 12.6. The van der Waals surface area contributed by atoms with Gasteiger partial charge in [0, 0.05) is 37.3 Å². The van der Waals surface area contributed by atoms with Crippen molar-refractivity contribution in [2.45, 2.75) is 65.8 Å². The average Bonchev–Trinajstić information content (AvgIpc) is 2.88. The molecule has 7 heteroatoms. The Bertz CT molecular complexity index is 1110. The molecule has 0 spiro atoms. The summed E-state index contributed by atoms with van der Waals surface area (Å²) in [7, 11) is -2.54. The third-order valence-corrected chi connectivity index (χ3v) is 9.27. The molecule has 196 valence electrons. The third kappa shape index (κ3) is 7.77. The molecule has 0 amide bonds. The van der Waals surface area contributed by atoms with E-state index in [1.807, 2.05) is 63.2 Å². The Morgan fingerprint density at radius 3 is 2.08 bits per heavy atom. The zero-order valence-corrected chi connectivity index (χ0v) is 23.1. The van der Waals surface area contributed by atoms with Crippen molar-refractivity contribution in [2.24, 2.45) is 0 Å². The van der Waals surface area contributed by atoms with Crippen molar-refractivity contribution < 1.29 is 22.4 Å². The Balaban J connectivity index is 1.49. The van der Waals surface area contributed by atoms with Crippen molar-refractivity contribution in [1.29, 1.82) is 0 Å². The van der Waals surface area contributed by atoms with Gasteiger partial charge in [0.1, 0.15) is 11.3 Å². The molecule has 36 heavy (non-hydrogen) atoms. The SMILES string of the molecule is CCO[Si](CCCCCCOc1ccc2cc(-c3ccc(CC)cc3)c(=O)oc2c1)(OCC)OCC. The van der Waals surface area contributed by atoms with Crippen molar-refractivity contribution in [3.63, 3.8) is 0 Å². The number of benzene rings is 2. The van der Waals surface area contributed by atoms with Crippen molar-refractivity contribution in [2.75, 3.05) is 26.4 Å². The maximum atomic E-state index is 12.6. The first-order valence-corrected chi connectivity index (χ1v) is 15.2. The maximum Gasteiger partial charge on any atom is 0.500 e. The van der Waals surface area contributed by atoms with Crippen LogP contribution in [0.1, 0.15) is 58.9 Å². The molecule has 1 aromatic heterocycles.